The molecule has 4 nitrogen and oxygen atoms in total. The van der Waals surface area contributed by atoms with Crippen LogP contribution in [0.25, 0.3) is 0 Å². The van der Waals surface area contributed by atoms with Gasteiger partial charge >= 0.3 is 5.97 Å². The topological polar surface area (TPSA) is 55.8 Å². The fourth-order valence-electron chi connectivity index (χ4n) is 4.35. The number of benzene rings is 2. The third kappa shape index (κ3) is 3.58. The number of hydrogen-bond acceptors (Lipinski definition) is 4. The van der Waals surface area contributed by atoms with Crippen LogP contribution in [-0.4, -0.2) is 18.2 Å². The summed E-state index contributed by atoms with van der Waals surface area (Å²) < 4.78 is 25.4. The van der Waals surface area contributed by atoms with E-state index in [4.69, 9.17) is 9.47 Å². The first-order valence-corrected chi connectivity index (χ1v) is 9.83. The lowest BCUT2D eigenvalue weighted by molar-refractivity contribution is -0.145. The van der Waals surface area contributed by atoms with Crippen LogP contribution in [-0.2, 0) is 16.0 Å². The van der Waals surface area contributed by atoms with Crippen molar-refractivity contribution in [2.24, 2.45) is 11.8 Å². The first-order chi connectivity index (χ1) is 13.5. The first kappa shape index (κ1) is 18.8. The van der Waals surface area contributed by atoms with Gasteiger partial charge in [-0.2, -0.15) is 0 Å². The lowest BCUT2D eigenvalue weighted by Gasteiger charge is -2.29. The van der Waals surface area contributed by atoms with E-state index >= 15 is 0 Å². The van der Waals surface area contributed by atoms with Crippen LogP contribution in [0.1, 0.15) is 54.9 Å². The molecule has 2 aromatic rings. The molecule has 2 aromatic carbocycles. The minimum absolute atomic E-state index is 0.0937. The maximum absolute atomic E-state index is 14.3. The molecule has 3 atom stereocenters. The molecule has 0 aromatic heterocycles. The molecule has 2 unspecified atom stereocenters. The Hall–Kier alpha value is -2.56. The fourth-order valence-corrected chi connectivity index (χ4v) is 4.35. The molecule has 1 N–H and O–H groups in total. The largest absolute Gasteiger partial charge is 0.508 e. The number of carbonyl (C=O) groups is 1. The summed E-state index contributed by atoms with van der Waals surface area (Å²) in [7, 11) is 1.43. The molecule has 1 saturated carbocycles. The third-order valence-corrected chi connectivity index (χ3v) is 5.99. The number of phenolic OH excluding ortho intramolecular Hbond substituents is 1. The first-order valence-electron chi connectivity index (χ1n) is 9.83. The molecule has 0 radical (unpaired) electrons. The Morgan fingerprint density at radius 2 is 2.00 bits per heavy atom. The average molecular weight is 384 g/mol. The fraction of sp³-hybridized carbons (Fsp3) is 0.435. The van der Waals surface area contributed by atoms with Crippen LogP contribution in [0.3, 0.4) is 0 Å². The molecule has 1 aliphatic heterocycles. The van der Waals surface area contributed by atoms with E-state index < -0.39 is 5.82 Å². The summed E-state index contributed by atoms with van der Waals surface area (Å²) in [6.45, 7) is 1.92. The van der Waals surface area contributed by atoms with Crippen molar-refractivity contribution in [1.82, 2.24) is 0 Å². The van der Waals surface area contributed by atoms with Gasteiger partial charge in [-0.1, -0.05) is 19.1 Å². The number of ether oxygens (including phenoxy) is 2. The van der Waals surface area contributed by atoms with Crippen molar-refractivity contribution in [3.05, 3.63) is 58.9 Å². The molecule has 148 valence electrons. The van der Waals surface area contributed by atoms with E-state index in [2.05, 4.69) is 12.1 Å². The molecule has 28 heavy (non-hydrogen) atoms. The molecule has 0 bridgehead atoms. The lowest BCUT2D eigenvalue weighted by atomic mass is 9.82. The number of aryl methyl sites for hydroxylation is 1. The quantitative estimate of drug-likeness (QED) is 0.745. The van der Waals surface area contributed by atoms with Crippen LogP contribution >= 0.6 is 0 Å². The highest BCUT2D eigenvalue weighted by molar-refractivity contribution is 5.73. The Morgan fingerprint density at radius 1 is 1.21 bits per heavy atom. The van der Waals surface area contributed by atoms with E-state index in [1.54, 1.807) is 6.07 Å². The standard InChI is InChI=1S/C23H25FO4/c1-13(23(26)27-2)22(15-4-5-15)16-6-3-14-7-10-20(28-21(14)11-16)18-9-8-17(25)12-19(18)24/h3,6,8-9,11-13,15,20,22,25H,4-5,7,10H2,1-2H3/t13-,20?,22?/m0/s1. The summed E-state index contributed by atoms with van der Waals surface area (Å²) in [5.41, 5.74) is 2.63. The Kier molecular flexibility index (Phi) is 5.00. The molecule has 1 heterocycles. The van der Waals surface area contributed by atoms with Gasteiger partial charge in [0, 0.05) is 11.6 Å². The van der Waals surface area contributed by atoms with Gasteiger partial charge in [-0.3, -0.25) is 4.79 Å². The molecule has 4 rings (SSSR count). The second-order valence-corrected chi connectivity index (χ2v) is 7.89. The summed E-state index contributed by atoms with van der Waals surface area (Å²) in [5.74, 6) is 0.379. The zero-order valence-electron chi connectivity index (χ0n) is 16.2. The molecule has 1 aliphatic carbocycles. The molecule has 2 aliphatic rings. The minimum Gasteiger partial charge on any atom is -0.508 e. The SMILES string of the molecule is COC(=O)[C@@H](C)C(c1ccc2c(c1)OC(c1ccc(O)cc1F)CC2)C1CC1. The number of fused-ring (bicyclic) bond motifs is 1. The highest BCUT2D eigenvalue weighted by atomic mass is 19.1. The summed E-state index contributed by atoms with van der Waals surface area (Å²) in [6, 6.07) is 10.3. The van der Waals surface area contributed by atoms with Crippen molar-refractivity contribution in [2.45, 2.75) is 44.6 Å². The summed E-state index contributed by atoms with van der Waals surface area (Å²) >= 11 is 0. The van der Waals surface area contributed by atoms with Gasteiger partial charge in [0.2, 0.25) is 0 Å². The van der Waals surface area contributed by atoms with Gasteiger partial charge in [0.1, 0.15) is 23.4 Å². The Morgan fingerprint density at radius 3 is 2.68 bits per heavy atom. The number of carbonyl (C=O) groups excluding carboxylic acids is 1. The Labute approximate surface area is 164 Å². The maximum Gasteiger partial charge on any atom is 0.309 e. The number of aromatic hydroxyl groups is 1. The predicted molar refractivity (Wildman–Crippen MR) is 103 cm³/mol. The molecular weight excluding hydrogens is 359 g/mol. The van der Waals surface area contributed by atoms with Crippen LogP contribution in [0.4, 0.5) is 4.39 Å². The van der Waals surface area contributed by atoms with Gasteiger partial charge in [-0.25, -0.2) is 4.39 Å². The van der Waals surface area contributed by atoms with E-state index in [9.17, 15) is 14.3 Å². The third-order valence-electron chi connectivity index (χ3n) is 5.99. The molecule has 5 heteroatoms. The zero-order chi connectivity index (χ0) is 19.8. The monoisotopic (exact) mass is 384 g/mol. The molecule has 0 amide bonds. The average Bonchev–Trinajstić information content (AvgIpc) is 3.52. The van der Waals surface area contributed by atoms with E-state index in [1.165, 1.54) is 13.2 Å². The van der Waals surface area contributed by atoms with Gasteiger partial charge in [0.25, 0.3) is 0 Å². The van der Waals surface area contributed by atoms with Crippen molar-refractivity contribution in [1.29, 1.82) is 0 Å². The molecule has 0 saturated heterocycles. The summed E-state index contributed by atoms with van der Waals surface area (Å²) in [4.78, 5) is 12.1. The number of hydrogen-bond donors (Lipinski definition) is 1. The highest BCUT2D eigenvalue weighted by Crippen LogP contribution is 2.48. The zero-order valence-corrected chi connectivity index (χ0v) is 16.2. The summed E-state index contributed by atoms with van der Waals surface area (Å²) in [5, 5.41) is 9.45. The van der Waals surface area contributed by atoms with E-state index in [0.717, 1.165) is 42.2 Å². The van der Waals surface area contributed by atoms with Crippen molar-refractivity contribution in [3.63, 3.8) is 0 Å². The van der Waals surface area contributed by atoms with Gasteiger partial charge < -0.3 is 14.6 Å². The van der Waals surface area contributed by atoms with Crippen LogP contribution in [0.5, 0.6) is 11.5 Å². The van der Waals surface area contributed by atoms with Crippen LogP contribution in [0, 0.1) is 17.7 Å². The Balaban J connectivity index is 1.62. The number of esters is 1. The van der Waals surface area contributed by atoms with Crippen molar-refractivity contribution >= 4 is 5.97 Å². The van der Waals surface area contributed by atoms with Gasteiger partial charge in [-0.15, -0.1) is 0 Å². The van der Waals surface area contributed by atoms with E-state index in [0.29, 0.717) is 17.9 Å². The van der Waals surface area contributed by atoms with Crippen LogP contribution in [0.2, 0.25) is 0 Å². The van der Waals surface area contributed by atoms with Crippen LogP contribution in [0.15, 0.2) is 36.4 Å². The van der Waals surface area contributed by atoms with Gasteiger partial charge in [0.15, 0.2) is 0 Å². The maximum atomic E-state index is 14.3. The second kappa shape index (κ2) is 7.46. The molecule has 1 fully saturated rings. The second-order valence-electron chi connectivity index (χ2n) is 7.89. The van der Waals surface area contributed by atoms with E-state index in [1.807, 2.05) is 13.0 Å². The predicted octanol–water partition coefficient (Wildman–Crippen LogP) is 4.90. The Bertz CT molecular complexity index is 890. The minimum atomic E-state index is -0.459. The molecular formula is C23H25FO4. The van der Waals surface area contributed by atoms with Crippen molar-refractivity contribution < 1.29 is 23.8 Å². The van der Waals surface area contributed by atoms with Gasteiger partial charge in [-0.05, 0) is 66.8 Å². The van der Waals surface area contributed by atoms with E-state index in [-0.39, 0.29) is 29.7 Å². The lowest BCUT2D eigenvalue weighted by Crippen LogP contribution is -2.23. The highest BCUT2D eigenvalue weighted by Gasteiger charge is 2.39. The number of methoxy groups -OCH3 is 1. The number of rotatable bonds is 5. The molecule has 0 spiro atoms. The normalized spacial score (nSPS) is 20.6. The number of halogens is 1. The number of phenols is 1. The van der Waals surface area contributed by atoms with Crippen LogP contribution < -0.4 is 4.74 Å². The van der Waals surface area contributed by atoms with Crippen molar-refractivity contribution in [3.8, 4) is 11.5 Å². The van der Waals surface area contributed by atoms with Crippen molar-refractivity contribution in [2.75, 3.05) is 7.11 Å². The van der Waals surface area contributed by atoms with Gasteiger partial charge in [0.05, 0.1) is 13.0 Å². The smallest absolute Gasteiger partial charge is 0.309 e. The summed E-state index contributed by atoms with van der Waals surface area (Å²) in [6.07, 6.45) is 3.32.